The number of carbonyl (C=O) groups excluding carboxylic acids is 2. The zero-order valence-electron chi connectivity index (χ0n) is 19.2. The van der Waals surface area contributed by atoms with Crippen molar-refractivity contribution in [3.05, 3.63) is 87.3 Å². The molecule has 1 aliphatic rings. The Morgan fingerprint density at radius 3 is 2.47 bits per heavy atom. The van der Waals surface area contributed by atoms with E-state index in [1.54, 1.807) is 44.2 Å². The Balaban J connectivity index is 1.92. The molecule has 1 aromatic heterocycles. The van der Waals surface area contributed by atoms with Crippen LogP contribution >= 0.6 is 11.6 Å². The van der Waals surface area contributed by atoms with Gasteiger partial charge in [-0.2, -0.15) is 0 Å². The number of Topliss-reactive ketones (excluding diaryl/α,β-unsaturated/α-hetero) is 1. The van der Waals surface area contributed by atoms with Crippen LogP contribution in [-0.4, -0.2) is 35.9 Å². The van der Waals surface area contributed by atoms with Crippen molar-refractivity contribution in [3.8, 4) is 11.5 Å². The van der Waals surface area contributed by atoms with Gasteiger partial charge in [-0.15, -0.1) is 0 Å². The highest BCUT2D eigenvalue weighted by Gasteiger charge is 2.48. The number of carbonyl (C=O) groups is 2. The molecular formula is C26H24ClNO6. The lowest BCUT2D eigenvalue weighted by molar-refractivity contribution is -0.140. The highest BCUT2D eigenvalue weighted by Crippen LogP contribution is 2.44. The molecule has 1 atom stereocenters. The molecule has 0 spiro atoms. The first kappa shape index (κ1) is 23.4. The summed E-state index contributed by atoms with van der Waals surface area (Å²) in [6.07, 6.45) is 0. The van der Waals surface area contributed by atoms with Crippen molar-refractivity contribution in [2.24, 2.45) is 0 Å². The van der Waals surface area contributed by atoms with Gasteiger partial charge in [0, 0.05) is 5.56 Å². The lowest BCUT2D eigenvalue weighted by atomic mass is 9.97. The average Bonchev–Trinajstić information content (AvgIpc) is 3.34. The molecule has 0 saturated carbocycles. The summed E-state index contributed by atoms with van der Waals surface area (Å²) in [6.45, 7) is 3.64. The fraction of sp³-hybridized carbons (Fsp3) is 0.231. The number of ketones is 1. The highest BCUT2D eigenvalue weighted by atomic mass is 35.5. The van der Waals surface area contributed by atoms with Gasteiger partial charge in [-0.05, 0) is 49.7 Å². The summed E-state index contributed by atoms with van der Waals surface area (Å²) in [5, 5.41) is 11.6. The second-order valence-corrected chi connectivity index (χ2v) is 8.42. The molecule has 34 heavy (non-hydrogen) atoms. The van der Waals surface area contributed by atoms with Gasteiger partial charge in [-0.25, -0.2) is 0 Å². The Morgan fingerprint density at radius 1 is 1.09 bits per heavy atom. The molecular weight excluding hydrogens is 458 g/mol. The van der Waals surface area contributed by atoms with E-state index in [0.29, 0.717) is 22.8 Å². The molecule has 2 aromatic carbocycles. The maximum Gasteiger partial charge on any atom is 0.296 e. The fourth-order valence-electron chi connectivity index (χ4n) is 4.21. The Hall–Kier alpha value is -3.71. The number of nitrogens with zero attached hydrogens (tertiary/aromatic N) is 1. The maximum absolute atomic E-state index is 13.3. The number of amides is 1. The molecule has 176 valence electrons. The third-order valence-corrected chi connectivity index (χ3v) is 6.03. The molecule has 1 fully saturated rings. The molecule has 7 nitrogen and oxygen atoms in total. The summed E-state index contributed by atoms with van der Waals surface area (Å²) in [5.41, 5.74) is 1.57. The minimum atomic E-state index is -0.956. The number of likely N-dealkylation sites (tertiary alicyclic amines) is 1. The van der Waals surface area contributed by atoms with Crippen LogP contribution in [0.4, 0.5) is 0 Å². The maximum atomic E-state index is 13.3. The first-order valence-electron chi connectivity index (χ1n) is 10.6. The molecule has 0 radical (unpaired) electrons. The Kier molecular flexibility index (Phi) is 6.39. The molecule has 1 unspecified atom stereocenters. The Labute approximate surface area is 202 Å². The number of hydrogen-bond acceptors (Lipinski definition) is 6. The lowest BCUT2D eigenvalue weighted by Crippen LogP contribution is -2.29. The Bertz CT molecular complexity index is 1310. The number of aliphatic hydroxyl groups excluding tert-OH is 1. The van der Waals surface area contributed by atoms with E-state index < -0.39 is 17.7 Å². The predicted octanol–water partition coefficient (Wildman–Crippen LogP) is 5.19. The minimum Gasteiger partial charge on any atom is -0.507 e. The molecule has 1 aliphatic heterocycles. The van der Waals surface area contributed by atoms with Crippen molar-refractivity contribution < 1.29 is 28.6 Å². The van der Waals surface area contributed by atoms with Crippen molar-refractivity contribution in [1.82, 2.24) is 4.90 Å². The second kappa shape index (κ2) is 9.27. The summed E-state index contributed by atoms with van der Waals surface area (Å²) in [7, 11) is 2.95. The summed E-state index contributed by atoms with van der Waals surface area (Å²) >= 11 is 6.32. The molecule has 1 amide bonds. The van der Waals surface area contributed by atoms with Crippen LogP contribution in [0.5, 0.6) is 11.5 Å². The van der Waals surface area contributed by atoms with Gasteiger partial charge in [0.05, 0.1) is 36.9 Å². The van der Waals surface area contributed by atoms with Crippen molar-refractivity contribution in [1.29, 1.82) is 0 Å². The number of aliphatic hydroxyl groups is 1. The summed E-state index contributed by atoms with van der Waals surface area (Å²) in [6, 6.07) is 13.0. The smallest absolute Gasteiger partial charge is 0.296 e. The zero-order valence-corrected chi connectivity index (χ0v) is 20.0. The molecule has 0 aliphatic carbocycles. The Morgan fingerprint density at radius 2 is 1.82 bits per heavy atom. The van der Waals surface area contributed by atoms with E-state index in [2.05, 4.69) is 0 Å². The quantitative estimate of drug-likeness (QED) is 0.296. The molecule has 0 bridgehead atoms. The van der Waals surface area contributed by atoms with Crippen LogP contribution in [0.25, 0.3) is 5.76 Å². The van der Waals surface area contributed by atoms with Gasteiger partial charge in [-0.3, -0.25) is 9.59 Å². The number of benzene rings is 2. The van der Waals surface area contributed by atoms with E-state index in [9.17, 15) is 14.7 Å². The zero-order chi connectivity index (χ0) is 24.6. The number of ether oxygens (including phenoxy) is 2. The van der Waals surface area contributed by atoms with Crippen molar-refractivity contribution in [2.75, 3.05) is 14.2 Å². The number of halogens is 1. The number of para-hydroxylation sites is 1. The van der Waals surface area contributed by atoms with E-state index >= 15 is 0 Å². The van der Waals surface area contributed by atoms with Crippen LogP contribution in [0.1, 0.15) is 34.3 Å². The van der Waals surface area contributed by atoms with Gasteiger partial charge in [0.1, 0.15) is 34.8 Å². The number of furan rings is 1. The first-order valence-corrected chi connectivity index (χ1v) is 11.0. The fourth-order valence-corrected chi connectivity index (χ4v) is 4.56. The van der Waals surface area contributed by atoms with Crippen LogP contribution in [0, 0.1) is 13.8 Å². The van der Waals surface area contributed by atoms with E-state index in [1.165, 1.54) is 19.1 Å². The first-order chi connectivity index (χ1) is 16.3. The van der Waals surface area contributed by atoms with Crippen molar-refractivity contribution in [2.45, 2.75) is 26.4 Å². The van der Waals surface area contributed by atoms with Gasteiger partial charge in [0.15, 0.2) is 0 Å². The number of aryl methyl sites for hydroxylation is 2. The van der Waals surface area contributed by atoms with Crippen molar-refractivity contribution in [3.63, 3.8) is 0 Å². The van der Waals surface area contributed by atoms with Crippen molar-refractivity contribution >= 4 is 29.1 Å². The SMILES string of the molecule is COc1ccccc1CN1C(=O)C(=O)/C(=C(/O)c2cc(C)cc(Cl)c2OC)C1c1ccc(C)o1. The van der Waals surface area contributed by atoms with Crippen LogP contribution in [0.2, 0.25) is 5.02 Å². The van der Waals surface area contributed by atoms with Gasteiger partial charge >= 0.3 is 0 Å². The topological polar surface area (TPSA) is 89.2 Å². The van der Waals surface area contributed by atoms with E-state index in [4.69, 9.17) is 25.5 Å². The van der Waals surface area contributed by atoms with Gasteiger partial charge < -0.3 is 23.9 Å². The van der Waals surface area contributed by atoms with E-state index in [0.717, 1.165) is 5.56 Å². The second-order valence-electron chi connectivity index (χ2n) is 8.01. The van der Waals surface area contributed by atoms with E-state index in [-0.39, 0.29) is 34.2 Å². The van der Waals surface area contributed by atoms with Crippen LogP contribution in [0.15, 0.2) is 58.5 Å². The van der Waals surface area contributed by atoms with Gasteiger partial charge in [0.2, 0.25) is 0 Å². The minimum absolute atomic E-state index is 0.0709. The summed E-state index contributed by atoms with van der Waals surface area (Å²) in [4.78, 5) is 27.9. The number of methoxy groups -OCH3 is 2. The molecule has 1 N–H and O–H groups in total. The van der Waals surface area contributed by atoms with Gasteiger partial charge in [-0.1, -0.05) is 29.8 Å². The predicted molar refractivity (Wildman–Crippen MR) is 127 cm³/mol. The summed E-state index contributed by atoms with van der Waals surface area (Å²) < 4.78 is 16.6. The van der Waals surface area contributed by atoms with Crippen LogP contribution in [0.3, 0.4) is 0 Å². The molecule has 4 rings (SSSR count). The molecule has 3 aromatic rings. The van der Waals surface area contributed by atoms with Crippen LogP contribution in [-0.2, 0) is 16.1 Å². The third kappa shape index (κ3) is 4.03. The molecule has 1 saturated heterocycles. The van der Waals surface area contributed by atoms with E-state index in [1.807, 2.05) is 18.2 Å². The molecule has 8 heteroatoms. The average molecular weight is 482 g/mol. The summed E-state index contributed by atoms with van der Waals surface area (Å²) in [5.74, 6) is -0.237. The lowest BCUT2D eigenvalue weighted by Gasteiger charge is -2.24. The molecule has 2 heterocycles. The van der Waals surface area contributed by atoms with Gasteiger partial charge in [0.25, 0.3) is 11.7 Å². The highest BCUT2D eigenvalue weighted by molar-refractivity contribution is 6.46. The largest absolute Gasteiger partial charge is 0.507 e. The number of hydrogen-bond donors (Lipinski definition) is 1. The number of rotatable bonds is 6. The monoisotopic (exact) mass is 481 g/mol. The van der Waals surface area contributed by atoms with Crippen LogP contribution < -0.4 is 9.47 Å². The third-order valence-electron chi connectivity index (χ3n) is 5.75. The normalized spacial score (nSPS) is 17.3. The standard InChI is InChI=1S/C26H24ClNO6/c1-14-11-17(25(33-4)18(27)12-14)23(29)21-22(20-10-9-15(2)34-20)28(26(31)24(21)30)13-16-7-5-6-8-19(16)32-3/h5-12,22,29H,13H2,1-4H3/b23-21+.